The molecule has 1 amide bonds. The van der Waals surface area contributed by atoms with Crippen LogP contribution in [0.1, 0.15) is 6.92 Å². The number of ether oxygens (including phenoxy) is 1. The van der Waals surface area contributed by atoms with Gasteiger partial charge in [-0.2, -0.15) is 0 Å². The SMILES string of the molecule is COc1ccccc1-n1c(SC(C)C(=O)Nc2cc([N+](=O)[O-])ccc2Cl)nnc1-c1cccs1. The Balaban J connectivity index is 1.65. The minimum absolute atomic E-state index is 0.166. The number of nitro benzene ring substituents is 1. The van der Waals surface area contributed by atoms with Gasteiger partial charge in [0.25, 0.3) is 5.69 Å². The van der Waals surface area contributed by atoms with E-state index in [0.717, 1.165) is 10.6 Å². The fraction of sp³-hybridized carbons (Fsp3) is 0.136. The molecule has 0 aliphatic carbocycles. The van der Waals surface area contributed by atoms with Gasteiger partial charge in [-0.15, -0.1) is 21.5 Å². The Morgan fingerprint density at radius 3 is 2.74 bits per heavy atom. The molecule has 9 nitrogen and oxygen atoms in total. The van der Waals surface area contributed by atoms with E-state index in [0.29, 0.717) is 16.7 Å². The number of halogens is 1. The molecule has 0 radical (unpaired) electrons. The number of hydrogen-bond donors (Lipinski definition) is 1. The van der Waals surface area contributed by atoms with Crippen LogP contribution in [0, 0.1) is 10.1 Å². The van der Waals surface area contributed by atoms with E-state index < -0.39 is 10.2 Å². The predicted molar refractivity (Wildman–Crippen MR) is 133 cm³/mol. The summed E-state index contributed by atoms with van der Waals surface area (Å²) in [6.07, 6.45) is 0. The standard InChI is InChI=1S/C22H18ClN5O4S2/c1-13(21(29)24-16-12-14(28(30)31)9-10-15(16)23)34-22-26-25-20(19-8-5-11-33-19)27(22)17-6-3-4-7-18(17)32-2/h3-13H,1-2H3,(H,24,29). The molecule has 0 bridgehead atoms. The van der Waals surface area contributed by atoms with Gasteiger partial charge in [-0.3, -0.25) is 19.5 Å². The van der Waals surface area contributed by atoms with Crippen molar-refractivity contribution >= 4 is 52.0 Å². The molecule has 0 aliphatic rings. The molecule has 12 heteroatoms. The molecule has 0 aliphatic heterocycles. The Labute approximate surface area is 207 Å². The van der Waals surface area contributed by atoms with Crippen molar-refractivity contribution in [3.05, 3.63) is 75.1 Å². The molecule has 1 unspecified atom stereocenters. The highest BCUT2D eigenvalue weighted by molar-refractivity contribution is 8.00. The van der Waals surface area contributed by atoms with Crippen LogP contribution in [-0.4, -0.2) is 38.0 Å². The van der Waals surface area contributed by atoms with Crippen LogP contribution in [0.2, 0.25) is 5.02 Å². The van der Waals surface area contributed by atoms with Crippen LogP contribution < -0.4 is 10.1 Å². The van der Waals surface area contributed by atoms with Gasteiger partial charge >= 0.3 is 0 Å². The third-order valence-electron chi connectivity index (χ3n) is 4.77. The molecule has 4 aromatic rings. The third-order valence-corrected chi connectivity index (χ3v) is 7.01. The summed E-state index contributed by atoms with van der Waals surface area (Å²) in [5.74, 6) is 0.860. The minimum atomic E-state index is -0.621. The number of hydrogen-bond acceptors (Lipinski definition) is 8. The van der Waals surface area contributed by atoms with Gasteiger partial charge in [0.05, 0.1) is 38.6 Å². The maximum Gasteiger partial charge on any atom is 0.271 e. The molecular weight excluding hydrogens is 498 g/mol. The second-order valence-corrected chi connectivity index (χ2v) is 9.62. The molecule has 2 aromatic carbocycles. The van der Waals surface area contributed by atoms with Crippen molar-refractivity contribution in [2.45, 2.75) is 17.3 Å². The van der Waals surface area contributed by atoms with Crippen molar-refractivity contribution in [3.63, 3.8) is 0 Å². The summed E-state index contributed by atoms with van der Waals surface area (Å²) < 4.78 is 7.39. The van der Waals surface area contributed by atoms with Crippen LogP contribution in [0.15, 0.2) is 65.1 Å². The Morgan fingerprint density at radius 1 is 1.24 bits per heavy atom. The molecule has 0 saturated heterocycles. The van der Waals surface area contributed by atoms with Crippen LogP contribution >= 0.6 is 34.7 Å². The van der Waals surface area contributed by atoms with Gasteiger partial charge in [0.15, 0.2) is 11.0 Å². The van der Waals surface area contributed by atoms with Gasteiger partial charge in [-0.1, -0.05) is 41.6 Å². The van der Waals surface area contributed by atoms with Gasteiger partial charge in [0.2, 0.25) is 5.91 Å². The first-order chi connectivity index (χ1) is 16.4. The zero-order valence-corrected chi connectivity index (χ0v) is 20.4. The van der Waals surface area contributed by atoms with E-state index in [2.05, 4.69) is 15.5 Å². The highest BCUT2D eigenvalue weighted by Gasteiger charge is 2.24. The number of thioether (sulfide) groups is 1. The predicted octanol–water partition coefficient (Wildman–Crippen LogP) is 5.69. The Hall–Kier alpha value is -3.41. The number of nitro groups is 1. The second kappa shape index (κ2) is 10.2. The van der Waals surface area contributed by atoms with Crippen molar-refractivity contribution in [1.82, 2.24) is 14.8 Å². The normalized spacial score (nSPS) is 11.7. The number of para-hydroxylation sites is 2. The second-order valence-electron chi connectivity index (χ2n) is 6.96. The zero-order valence-electron chi connectivity index (χ0n) is 18.0. The highest BCUT2D eigenvalue weighted by Crippen LogP contribution is 2.36. The van der Waals surface area contributed by atoms with Crippen LogP contribution in [0.5, 0.6) is 5.75 Å². The average molecular weight is 516 g/mol. The number of rotatable bonds is 8. The van der Waals surface area contributed by atoms with E-state index in [1.165, 1.54) is 41.3 Å². The number of nitrogens with zero attached hydrogens (tertiary/aromatic N) is 4. The zero-order chi connectivity index (χ0) is 24.2. The smallest absolute Gasteiger partial charge is 0.271 e. The minimum Gasteiger partial charge on any atom is -0.495 e. The van der Waals surface area contributed by atoms with Crippen LogP contribution in [0.3, 0.4) is 0 Å². The number of methoxy groups -OCH3 is 1. The summed E-state index contributed by atoms with van der Waals surface area (Å²) in [5.41, 5.74) is 0.727. The maximum absolute atomic E-state index is 12.9. The molecule has 174 valence electrons. The Kier molecular flexibility index (Phi) is 7.15. The number of thiophene rings is 1. The number of non-ortho nitro benzene ring substituents is 1. The molecule has 1 atom stereocenters. The first-order valence-electron chi connectivity index (χ1n) is 9.93. The van der Waals surface area contributed by atoms with Crippen LogP contribution in [-0.2, 0) is 4.79 Å². The van der Waals surface area contributed by atoms with Crippen molar-refractivity contribution < 1.29 is 14.5 Å². The first kappa shape index (κ1) is 23.7. The Bertz CT molecular complexity index is 1340. The molecule has 2 heterocycles. The van der Waals surface area contributed by atoms with Crippen molar-refractivity contribution in [3.8, 4) is 22.1 Å². The largest absolute Gasteiger partial charge is 0.495 e. The number of anilines is 1. The molecule has 34 heavy (non-hydrogen) atoms. The highest BCUT2D eigenvalue weighted by atomic mass is 35.5. The summed E-state index contributed by atoms with van der Waals surface area (Å²) in [7, 11) is 1.58. The quantitative estimate of drug-likeness (QED) is 0.182. The maximum atomic E-state index is 12.9. The van der Waals surface area contributed by atoms with E-state index in [4.69, 9.17) is 16.3 Å². The lowest BCUT2D eigenvalue weighted by molar-refractivity contribution is -0.384. The molecule has 1 N–H and O–H groups in total. The monoisotopic (exact) mass is 515 g/mol. The van der Waals surface area contributed by atoms with E-state index in [1.807, 2.05) is 46.3 Å². The summed E-state index contributed by atoms with van der Waals surface area (Å²) in [6.45, 7) is 1.71. The number of benzene rings is 2. The number of aromatic nitrogens is 3. The van der Waals surface area contributed by atoms with Gasteiger partial charge in [-0.25, -0.2) is 0 Å². The molecule has 0 saturated carbocycles. The van der Waals surface area contributed by atoms with Gasteiger partial charge in [-0.05, 0) is 36.6 Å². The van der Waals surface area contributed by atoms with E-state index >= 15 is 0 Å². The lowest BCUT2D eigenvalue weighted by Gasteiger charge is -2.16. The van der Waals surface area contributed by atoms with Crippen molar-refractivity contribution in [2.75, 3.05) is 12.4 Å². The number of carbonyl (C=O) groups is 1. The summed E-state index contributed by atoms with van der Waals surface area (Å²) in [4.78, 5) is 24.3. The fourth-order valence-corrected chi connectivity index (χ4v) is 4.84. The fourth-order valence-electron chi connectivity index (χ4n) is 3.11. The topological polar surface area (TPSA) is 112 Å². The van der Waals surface area contributed by atoms with Gasteiger partial charge < -0.3 is 10.1 Å². The summed E-state index contributed by atoms with van der Waals surface area (Å²) in [5, 5.41) is 24.5. The number of nitrogens with one attached hydrogen (secondary N) is 1. The lowest BCUT2D eigenvalue weighted by atomic mass is 10.2. The van der Waals surface area contributed by atoms with Crippen LogP contribution in [0.4, 0.5) is 11.4 Å². The number of amides is 1. The average Bonchev–Trinajstić information content (AvgIpc) is 3.50. The van der Waals surface area contributed by atoms with Gasteiger partial charge in [0, 0.05) is 12.1 Å². The van der Waals surface area contributed by atoms with Crippen molar-refractivity contribution in [1.29, 1.82) is 0 Å². The van der Waals surface area contributed by atoms with E-state index in [-0.39, 0.29) is 22.3 Å². The first-order valence-corrected chi connectivity index (χ1v) is 12.1. The number of carbonyl (C=O) groups excluding carboxylic acids is 1. The Morgan fingerprint density at radius 2 is 2.03 bits per heavy atom. The van der Waals surface area contributed by atoms with Crippen LogP contribution in [0.25, 0.3) is 16.4 Å². The molecule has 2 aromatic heterocycles. The van der Waals surface area contributed by atoms with E-state index in [1.54, 1.807) is 14.0 Å². The summed E-state index contributed by atoms with van der Waals surface area (Å²) >= 11 is 8.84. The third kappa shape index (κ3) is 4.91. The summed E-state index contributed by atoms with van der Waals surface area (Å²) in [6, 6.07) is 15.2. The molecular formula is C22H18ClN5O4S2. The van der Waals surface area contributed by atoms with Crippen molar-refractivity contribution in [2.24, 2.45) is 0 Å². The van der Waals surface area contributed by atoms with Gasteiger partial charge in [0.1, 0.15) is 5.75 Å². The van der Waals surface area contributed by atoms with E-state index in [9.17, 15) is 14.9 Å². The molecule has 0 fully saturated rings. The lowest BCUT2D eigenvalue weighted by Crippen LogP contribution is -2.23. The molecule has 0 spiro atoms. The molecule has 4 rings (SSSR count).